The van der Waals surface area contributed by atoms with Gasteiger partial charge in [-0.25, -0.2) is 4.79 Å². The first-order chi connectivity index (χ1) is 18.6. The molecule has 39 heavy (non-hydrogen) atoms. The van der Waals surface area contributed by atoms with Gasteiger partial charge < -0.3 is 19.0 Å². The van der Waals surface area contributed by atoms with Crippen LogP contribution < -0.4 is 19.0 Å². The van der Waals surface area contributed by atoms with Crippen LogP contribution in [-0.2, 0) is 31.7 Å². The van der Waals surface area contributed by atoms with E-state index in [1.165, 1.54) is 36.4 Å². The molecule has 4 rings (SSSR count). The summed E-state index contributed by atoms with van der Waals surface area (Å²) in [6, 6.07) is 27.0. The Labute approximate surface area is 227 Å². The summed E-state index contributed by atoms with van der Waals surface area (Å²) in [6.07, 6.45) is 0. The number of rotatable bonds is 10. The zero-order valence-corrected chi connectivity index (χ0v) is 22.5. The minimum atomic E-state index is -3.90. The van der Waals surface area contributed by atoms with Gasteiger partial charge in [0.1, 0.15) is 23.0 Å². The van der Waals surface area contributed by atoms with Gasteiger partial charge in [-0.1, -0.05) is 66.2 Å². The van der Waals surface area contributed by atoms with Crippen LogP contribution in [0.15, 0.2) is 103 Å². The van der Waals surface area contributed by atoms with Crippen LogP contribution in [0.2, 0.25) is 0 Å². The van der Waals surface area contributed by atoms with Crippen molar-refractivity contribution in [2.24, 2.45) is 0 Å². The Hall–Kier alpha value is -4.35. The van der Waals surface area contributed by atoms with E-state index in [4.69, 9.17) is 8.37 Å². The number of amides is 2. The number of urea groups is 1. The molecule has 202 valence electrons. The van der Waals surface area contributed by atoms with E-state index >= 15 is 0 Å². The van der Waals surface area contributed by atoms with Crippen LogP contribution in [0.1, 0.15) is 16.7 Å². The van der Waals surface area contributed by atoms with Gasteiger partial charge in [-0.15, -0.1) is 0 Å². The van der Waals surface area contributed by atoms with Gasteiger partial charge in [0.15, 0.2) is 0 Å². The third-order valence-corrected chi connectivity index (χ3v) is 7.57. The summed E-state index contributed by atoms with van der Waals surface area (Å²) in [7, 11) is -7.77. The SMILES string of the molecule is Cc1ccc(CS(=O)(=O)Oc2ccc(NC(=O)Nc3cccc(OS(=O)(=O)Cc4ccccc4)c3)cc2)cc1. The van der Waals surface area contributed by atoms with E-state index in [-0.39, 0.29) is 23.0 Å². The number of hydrogen-bond donors (Lipinski definition) is 2. The normalized spacial score (nSPS) is 11.4. The van der Waals surface area contributed by atoms with Gasteiger partial charge in [0, 0.05) is 17.4 Å². The van der Waals surface area contributed by atoms with E-state index in [0.29, 0.717) is 22.5 Å². The van der Waals surface area contributed by atoms with E-state index in [1.807, 2.05) is 19.1 Å². The first-order valence-corrected chi connectivity index (χ1v) is 14.9. The van der Waals surface area contributed by atoms with Crippen LogP contribution >= 0.6 is 0 Å². The first kappa shape index (κ1) is 27.7. The van der Waals surface area contributed by atoms with E-state index in [2.05, 4.69) is 10.6 Å². The third kappa shape index (κ3) is 8.87. The molecule has 2 N–H and O–H groups in total. The summed E-state index contributed by atoms with van der Waals surface area (Å²) in [5.74, 6) is -0.406. The highest BCUT2D eigenvalue weighted by Gasteiger charge is 2.16. The molecule has 0 spiro atoms. The van der Waals surface area contributed by atoms with Crippen molar-refractivity contribution in [3.05, 3.63) is 120 Å². The predicted molar refractivity (Wildman–Crippen MR) is 150 cm³/mol. The van der Waals surface area contributed by atoms with Crippen LogP contribution in [-0.4, -0.2) is 22.9 Å². The topological polar surface area (TPSA) is 128 Å². The zero-order valence-electron chi connectivity index (χ0n) is 20.9. The lowest BCUT2D eigenvalue weighted by molar-refractivity contribution is 0.262. The molecule has 0 bridgehead atoms. The van der Waals surface area contributed by atoms with Crippen molar-refractivity contribution in [1.82, 2.24) is 0 Å². The molecular weight excluding hydrogens is 540 g/mol. The fourth-order valence-electron chi connectivity index (χ4n) is 3.53. The lowest BCUT2D eigenvalue weighted by Gasteiger charge is -2.11. The quantitative estimate of drug-likeness (QED) is 0.244. The van der Waals surface area contributed by atoms with Gasteiger partial charge in [0.25, 0.3) is 0 Å². The number of hydrogen-bond acceptors (Lipinski definition) is 7. The fourth-order valence-corrected chi connectivity index (χ4v) is 5.65. The molecule has 0 aromatic heterocycles. The Morgan fingerprint density at radius 1 is 0.615 bits per heavy atom. The average molecular weight is 567 g/mol. The lowest BCUT2D eigenvalue weighted by atomic mass is 10.2. The van der Waals surface area contributed by atoms with Crippen molar-refractivity contribution in [1.29, 1.82) is 0 Å². The summed E-state index contributed by atoms with van der Waals surface area (Å²) in [6.45, 7) is 1.91. The van der Waals surface area contributed by atoms with Crippen molar-refractivity contribution in [3.63, 3.8) is 0 Å². The Morgan fingerprint density at radius 3 is 1.82 bits per heavy atom. The molecule has 4 aromatic carbocycles. The molecule has 0 aliphatic rings. The highest BCUT2D eigenvalue weighted by Crippen LogP contribution is 2.22. The molecule has 9 nitrogen and oxygen atoms in total. The van der Waals surface area contributed by atoms with Gasteiger partial charge >= 0.3 is 26.3 Å². The Morgan fingerprint density at radius 2 is 1.18 bits per heavy atom. The van der Waals surface area contributed by atoms with Crippen molar-refractivity contribution >= 4 is 37.6 Å². The van der Waals surface area contributed by atoms with Crippen LogP contribution in [0.3, 0.4) is 0 Å². The van der Waals surface area contributed by atoms with Crippen LogP contribution in [0, 0.1) is 6.92 Å². The number of benzene rings is 4. The van der Waals surface area contributed by atoms with E-state index in [0.717, 1.165) is 5.56 Å². The van der Waals surface area contributed by atoms with Crippen LogP contribution in [0.4, 0.5) is 16.2 Å². The first-order valence-electron chi connectivity index (χ1n) is 11.8. The molecule has 4 aromatic rings. The number of anilines is 2. The minimum absolute atomic E-state index is 0.0529. The molecule has 2 amide bonds. The predicted octanol–water partition coefficient (Wildman–Crippen LogP) is 5.46. The molecule has 0 radical (unpaired) electrons. The maximum atomic E-state index is 12.5. The average Bonchev–Trinajstić information content (AvgIpc) is 2.86. The van der Waals surface area contributed by atoms with Crippen molar-refractivity contribution < 1.29 is 30.0 Å². The van der Waals surface area contributed by atoms with Gasteiger partial charge in [-0.3, -0.25) is 0 Å². The second-order valence-electron chi connectivity index (χ2n) is 8.67. The number of carbonyl (C=O) groups excluding carboxylic acids is 1. The Kier molecular flexibility index (Phi) is 8.52. The number of aryl methyl sites for hydroxylation is 1. The van der Waals surface area contributed by atoms with E-state index in [1.54, 1.807) is 54.6 Å². The summed E-state index contributed by atoms with van der Waals surface area (Å²) in [4.78, 5) is 12.5. The minimum Gasteiger partial charge on any atom is -0.382 e. The van der Waals surface area contributed by atoms with E-state index in [9.17, 15) is 21.6 Å². The number of carbonyl (C=O) groups is 1. The second kappa shape index (κ2) is 12.0. The molecule has 0 saturated heterocycles. The maximum absolute atomic E-state index is 12.5. The van der Waals surface area contributed by atoms with Crippen molar-refractivity contribution in [2.45, 2.75) is 18.4 Å². The van der Waals surface area contributed by atoms with Crippen molar-refractivity contribution in [3.8, 4) is 11.5 Å². The highest BCUT2D eigenvalue weighted by molar-refractivity contribution is 7.86. The maximum Gasteiger partial charge on any atom is 0.323 e. The standard InChI is InChI=1S/C28H26N2O7S2/c1-21-10-12-23(13-11-21)20-38(32,33)36-26-16-14-24(15-17-26)29-28(31)30-25-8-5-9-27(18-25)37-39(34,35)19-22-6-3-2-4-7-22/h2-18H,19-20H2,1H3,(H2,29,30,31). The summed E-state index contributed by atoms with van der Waals surface area (Å²) < 4.78 is 59.9. The fraction of sp³-hybridized carbons (Fsp3) is 0.107. The molecular formula is C28H26N2O7S2. The lowest BCUT2D eigenvalue weighted by Crippen LogP contribution is -2.19. The van der Waals surface area contributed by atoms with Crippen LogP contribution in [0.25, 0.3) is 0 Å². The smallest absolute Gasteiger partial charge is 0.323 e. The zero-order chi connectivity index (χ0) is 27.9. The molecule has 0 heterocycles. The van der Waals surface area contributed by atoms with E-state index < -0.39 is 26.3 Å². The highest BCUT2D eigenvalue weighted by atomic mass is 32.2. The molecule has 0 saturated carbocycles. The van der Waals surface area contributed by atoms with Crippen molar-refractivity contribution in [2.75, 3.05) is 10.6 Å². The second-order valence-corrected chi connectivity index (χ2v) is 11.8. The summed E-state index contributed by atoms with van der Waals surface area (Å²) >= 11 is 0. The molecule has 0 fully saturated rings. The third-order valence-electron chi connectivity index (χ3n) is 5.30. The molecule has 0 atom stereocenters. The van der Waals surface area contributed by atoms with Crippen LogP contribution in [0.5, 0.6) is 11.5 Å². The van der Waals surface area contributed by atoms with Gasteiger partial charge in [0.05, 0.1) is 0 Å². The monoisotopic (exact) mass is 566 g/mol. The Balaban J connectivity index is 1.31. The summed E-state index contributed by atoms with van der Waals surface area (Å²) in [5.41, 5.74) is 2.91. The molecule has 0 aliphatic heterocycles. The largest absolute Gasteiger partial charge is 0.382 e. The number of nitrogens with one attached hydrogen (secondary N) is 2. The van der Waals surface area contributed by atoms with Gasteiger partial charge in [0.2, 0.25) is 0 Å². The van der Waals surface area contributed by atoms with Gasteiger partial charge in [-0.2, -0.15) is 16.8 Å². The molecule has 0 aliphatic carbocycles. The summed E-state index contributed by atoms with van der Waals surface area (Å²) in [5, 5.41) is 5.21. The molecule has 0 unspecified atom stereocenters. The Bertz CT molecular complexity index is 1640. The van der Waals surface area contributed by atoms with Gasteiger partial charge in [-0.05, 0) is 54.4 Å². The molecule has 11 heteroatoms.